The summed E-state index contributed by atoms with van der Waals surface area (Å²) in [6.45, 7) is 4.02. The van der Waals surface area contributed by atoms with Crippen LogP contribution in [-0.2, 0) is 11.2 Å². The number of methoxy groups -OCH3 is 1. The van der Waals surface area contributed by atoms with Crippen molar-refractivity contribution in [3.63, 3.8) is 0 Å². The molecule has 0 heterocycles. The minimum absolute atomic E-state index is 0.164. The first kappa shape index (κ1) is 14.9. The second-order valence-electron chi connectivity index (χ2n) is 4.60. The van der Waals surface area contributed by atoms with E-state index in [9.17, 15) is 4.79 Å². The standard InChI is InChI=1S/C15H23NO2/c1-4-5-13-6-8-14(9-7-13)15(17)12-16(2)10-11-18-3/h6-9H,4-5,10-12H2,1-3H3. The van der Waals surface area contributed by atoms with Crippen molar-refractivity contribution in [3.8, 4) is 0 Å². The van der Waals surface area contributed by atoms with Crippen LogP contribution < -0.4 is 0 Å². The van der Waals surface area contributed by atoms with E-state index in [1.807, 2.05) is 36.2 Å². The van der Waals surface area contributed by atoms with Gasteiger partial charge in [0, 0.05) is 19.2 Å². The van der Waals surface area contributed by atoms with E-state index in [-0.39, 0.29) is 5.78 Å². The molecule has 0 aromatic heterocycles. The summed E-state index contributed by atoms with van der Waals surface area (Å²) < 4.78 is 4.99. The largest absolute Gasteiger partial charge is 0.383 e. The zero-order chi connectivity index (χ0) is 13.4. The summed E-state index contributed by atoms with van der Waals surface area (Å²) in [5.41, 5.74) is 2.08. The van der Waals surface area contributed by atoms with Crippen molar-refractivity contribution in [1.82, 2.24) is 4.90 Å². The molecule has 0 aliphatic carbocycles. The molecular weight excluding hydrogens is 226 g/mol. The molecule has 0 saturated carbocycles. The van der Waals surface area contributed by atoms with Crippen molar-refractivity contribution in [2.24, 2.45) is 0 Å². The predicted molar refractivity (Wildman–Crippen MR) is 74.1 cm³/mol. The van der Waals surface area contributed by atoms with E-state index < -0.39 is 0 Å². The van der Waals surface area contributed by atoms with Crippen molar-refractivity contribution in [3.05, 3.63) is 35.4 Å². The number of ketones is 1. The summed E-state index contributed by atoms with van der Waals surface area (Å²) in [5.74, 6) is 0.164. The van der Waals surface area contributed by atoms with E-state index >= 15 is 0 Å². The molecule has 0 fully saturated rings. The number of aryl methyl sites for hydroxylation is 1. The number of hydrogen-bond acceptors (Lipinski definition) is 3. The molecule has 0 bridgehead atoms. The quantitative estimate of drug-likeness (QED) is 0.663. The summed E-state index contributed by atoms with van der Waals surface area (Å²) in [6.07, 6.45) is 2.20. The molecular formula is C15H23NO2. The average molecular weight is 249 g/mol. The van der Waals surface area contributed by atoms with E-state index in [4.69, 9.17) is 4.74 Å². The Hall–Kier alpha value is -1.19. The maximum absolute atomic E-state index is 12.0. The zero-order valence-electron chi connectivity index (χ0n) is 11.6. The summed E-state index contributed by atoms with van der Waals surface area (Å²) in [6, 6.07) is 7.95. The van der Waals surface area contributed by atoms with Crippen molar-refractivity contribution in [2.45, 2.75) is 19.8 Å². The lowest BCUT2D eigenvalue weighted by atomic mass is 10.1. The molecule has 0 saturated heterocycles. The first-order valence-electron chi connectivity index (χ1n) is 6.47. The fourth-order valence-corrected chi connectivity index (χ4v) is 1.81. The number of nitrogens with zero attached hydrogens (tertiary/aromatic N) is 1. The van der Waals surface area contributed by atoms with Crippen LogP contribution in [0.4, 0.5) is 0 Å². The molecule has 0 amide bonds. The van der Waals surface area contributed by atoms with Gasteiger partial charge in [-0.25, -0.2) is 0 Å². The lowest BCUT2D eigenvalue weighted by Gasteiger charge is -2.15. The first-order chi connectivity index (χ1) is 8.67. The van der Waals surface area contributed by atoms with E-state index in [1.54, 1.807) is 7.11 Å². The van der Waals surface area contributed by atoms with Gasteiger partial charge in [-0.15, -0.1) is 0 Å². The highest BCUT2D eigenvalue weighted by atomic mass is 16.5. The van der Waals surface area contributed by atoms with E-state index in [0.717, 1.165) is 24.9 Å². The number of ether oxygens (including phenoxy) is 1. The van der Waals surface area contributed by atoms with Gasteiger partial charge in [0.05, 0.1) is 13.2 Å². The summed E-state index contributed by atoms with van der Waals surface area (Å²) in [7, 11) is 3.60. The molecule has 0 radical (unpaired) electrons. The van der Waals surface area contributed by atoms with Gasteiger partial charge >= 0.3 is 0 Å². The summed E-state index contributed by atoms with van der Waals surface area (Å²) >= 11 is 0. The van der Waals surface area contributed by atoms with Crippen LogP contribution in [0.15, 0.2) is 24.3 Å². The van der Waals surface area contributed by atoms with Crippen LogP contribution in [-0.4, -0.2) is 44.5 Å². The van der Waals surface area contributed by atoms with Crippen LogP contribution in [0.1, 0.15) is 29.3 Å². The fourth-order valence-electron chi connectivity index (χ4n) is 1.81. The number of hydrogen-bond donors (Lipinski definition) is 0. The predicted octanol–water partition coefficient (Wildman–Crippen LogP) is 2.40. The Morgan fingerprint density at radius 1 is 1.28 bits per heavy atom. The fraction of sp³-hybridized carbons (Fsp3) is 0.533. The number of Topliss-reactive ketones (excluding diaryl/α,β-unsaturated/α-hetero) is 1. The molecule has 0 aliphatic rings. The molecule has 0 spiro atoms. The molecule has 1 rings (SSSR count). The monoisotopic (exact) mass is 249 g/mol. The number of carbonyl (C=O) groups excluding carboxylic acids is 1. The van der Waals surface area contributed by atoms with Crippen LogP contribution in [0.2, 0.25) is 0 Å². The second-order valence-corrected chi connectivity index (χ2v) is 4.60. The van der Waals surface area contributed by atoms with Gasteiger partial charge in [0.2, 0.25) is 0 Å². The maximum Gasteiger partial charge on any atom is 0.176 e. The normalized spacial score (nSPS) is 10.9. The molecule has 0 aliphatic heterocycles. The Bertz CT molecular complexity index is 359. The SMILES string of the molecule is CCCc1ccc(C(=O)CN(C)CCOC)cc1. The van der Waals surface area contributed by atoms with Gasteiger partial charge in [0.25, 0.3) is 0 Å². The average Bonchev–Trinajstić information content (AvgIpc) is 2.37. The third kappa shape index (κ3) is 4.98. The smallest absolute Gasteiger partial charge is 0.176 e. The Kier molecular flexibility index (Phi) is 6.61. The van der Waals surface area contributed by atoms with Crippen LogP contribution in [0.3, 0.4) is 0 Å². The highest BCUT2D eigenvalue weighted by molar-refractivity contribution is 5.97. The number of carbonyl (C=O) groups is 1. The molecule has 0 unspecified atom stereocenters. The Balaban J connectivity index is 2.50. The van der Waals surface area contributed by atoms with Gasteiger partial charge < -0.3 is 4.74 Å². The molecule has 0 N–H and O–H groups in total. The molecule has 1 aromatic carbocycles. The van der Waals surface area contributed by atoms with E-state index in [1.165, 1.54) is 5.56 Å². The van der Waals surface area contributed by atoms with Gasteiger partial charge in [-0.05, 0) is 19.0 Å². The van der Waals surface area contributed by atoms with Crippen LogP contribution in [0.25, 0.3) is 0 Å². The zero-order valence-corrected chi connectivity index (χ0v) is 11.6. The molecule has 0 atom stereocenters. The topological polar surface area (TPSA) is 29.5 Å². The Morgan fingerprint density at radius 2 is 1.94 bits per heavy atom. The van der Waals surface area contributed by atoms with Crippen molar-refractivity contribution >= 4 is 5.78 Å². The number of benzene rings is 1. The number of likely N-dealkylation sites (N-methyl/N-ethyl adjacent to an activating group) is 1. The molecule has 3 nitrogen and oxygen atoms in total. The second kappa shape index (κ2) is 8.01. The molecule has 3 heteroatoms. The lowest BCUT2D eigenvalue weighted by Crippen LogP contribution is -2.29. The Labute approximate surface area is 110 Å². The van der Waals surface area contributed by atoms with Gasteiger partial charge in [-0.2, -0.15) is 0 Å². The van der Waals surface area contributed by atoms with E-state index in [0.29, 0.717) is 13.2 Å². The van der Waals surface area contributed by atoms with Crippen LogP contribution in [0, 0.1) is 0 Å². The molecule has 18 heavy (non-hydrogen) atoms. The summed E-state index contributed by atoms with van der Waals surface area (Å²) in [5, 5.41) is 0. The van der Waals surface area contributed by atoms with Crippen LogP contribution in [0.5, 0.6) is 0 Å². The van der Waals surface area contributed by atoms with Crippen molar-refractivity contribution in [2.75, 3.05) is 33.9 Å². The highest BCUT2D eigenvalue weighted by Crippen LogP contribution is 2.07. The third-order valence-electron chi connectivity index (χ3n) is 2.91. The van der Waals surface area contributed by atoms with Gasteiger partial charge in [0.15, 0.2) is 5.78 Å². The first-order valence-corrected chi connectivity index (χ1v) is 6.47. The Morgan fingerprint density at radius 3 is 2.50 bits per heavy atom. The highest BCUT2D eigenvalue weighted by Gasteiger charge is 2.08. The molecule has 100 valence electrons. The minimum atomic E-state index is 0.164. The summed E-state index contributed by atoms with van der Waals surface area (Å²) in [4.78, 5) is 14.0. The molecule has 1 aromatic rings. The van der Waals surface area contributed by atoms with Crippen molar-refractivity contribution in [1.29, 1.82) is 0 Å². The number of rotatable bonds is 8. The van der Waals surface area contributed by atoms with Crippen LogP contribution >= 0.6 is 0 Å². The minimum Gasteiger partial charge on any atom is -0.383 e. The maximum atomic E-state index is 12.0. The van der Waals surface area contributed by atoms with Gasteiger partial charge in [0.1, 0.15) is 0 Å². The lowest BCUT2D eigenvalue weighted by molar-refractivity contribution is 0.0922. The van der Waals surface area contributed by atoms with Crippen molar-refractivity contribution < 1.29 is 9.53 Å². The van der Waals surface area contributed by atoms with E-state index in [2.05, 4.69) is 6.92 Å². The third-order valence-corrected chi connectivity index (χ3v) is 2.91. The van der Waals surface area contributed by atoms with Gasteiger partial charge in [-0.3, -0.25) is 9.69 Å². The van der Waals surface area contributed by atoms with Gasteiger partial charge in [-0.1, -0.05) is 37.6 Å².